The van der Waals surface area contributed by atoms with Crippen LogP contribution in [0.1, 0.15) is 18.1 Å². The van der Waals surface area contributed by atoms with Gasteiger partial charge in [-0.3, -0.25) is 4.79 Å². The van der Waals surface area contributed by atoms with Gasteiger partial charge in [-0.25, -0.2) is 0 Å². The van der Waals surface area contributed by atoms with E-state index in [4.69, 9.17) is 15.2 Å². The zero-order valence-electron chi connectivity index (χ0n) is 11.7. The molecule has 0 fully saturated rings. The molecule has 0 bridgehead atoms. The highest BCUT2D eigenvalue weighted by atomic mass is 16.5. The fourth-order valence-corrected chi connectivity index (χ4v) is 1.52. The fourth-order valence-electron chi connectivity index (χ4n) is 1.52. The Morgan fingerprint density at radius 2 is 2.16 bits per heavy atom. The quantitative estimate of drug-likeness (QED) is 0.722. The molecule has 106 valence electrons. The van der Waals surface area contributed by atoms with Crippen molar-refractivity contribution in [3.8, 4) is 5.75 Å². The van der Waals surface area contributed by atoms with E-state index in [-0.39, 0.29) is 5.91 Å². The van der Waals surface area contributed by atoms with Gasteiger partial charge in [-0.05, 0) is 25.5 Å². The SMILES string of the molecule is COCCOc1cc(C)ccc1CNC(=O)[C@@H](C)N. The van der Waals surface area contributed by atoms with Gasteiger partial charge >= 0.3 is 0 Å². The summed E-state index contributed by atoms with van der Waals surface area (Å²) in [6, 6.07) is 5.36. The van der Waals surface area contributed by atoms with Gasteiger partial charge in [0, 0.05) is 19.2 Å². The summed E-state index contributed by atoms with van der Waals surface area (Å²) in [5.41, 5.74) is 7.53. The Bertz CT molecular complexity index is 419. The van der Waals surface area contributed by atoms with E-state index >= 15 is 0 Å². The molecule has 3 N–H and O–H groups in total. The van der Waals surface area contributed by atoms with E-state index in [0.29, 0.717) is 19.8 Å². The second kappa shape index (κ2) is 7.76. The first-order valence-corrected chi connectivity index (χ1v) is 6.29. The normalized spacial score (nSPS) is 12.0. The molecule has 1 atom stereocenters. The summed E-state index contributed by atoms with van der Waals surface area (Å²) in [5, 5.41) is 2.77. The van der Waals surface area contributed by atoms with Crippen LogP contribution in [0.3, 0.4) is 0 Å². The van der Waals surface area contributed by atoms with Crippen LogP contribution in [0, 0.1) is 6.92 Å². The first-order chi connectivity index (χ1) is 9.04. The Hall–Kier alpha value is -1.59. The van der Waals surface area contributed by atoms with Crippen molar-refractivity contribution in [1.29, 1.82) is 0 Å². The third-order valence-corrected chi connectivity index (χ3v) is 2.63. The maximum atomic E-state index is 11.5. The van der Waals surface area contributed by atoms with Crippen LogP contribution in [0.4, 0.5) is 0 Å². The molecule has 5 nitrogen and oxygen atoms in total. The molecule has 0 unspecified atom stereocenters. The molecule has 1 rings (SSSR count). The van der Waals surface area contributed by atoms with E-state index in [2.05, 4.69) is 5.32 Å². The molecule has 0 aliphatic rings. The third kappa shape index (κ3) is 5.28. The Balaban J connectivity index is 2.67. The van der Waals surface area contributed by atoms with Gasteiger partial charge in [-0.2, -0.15) is 0 Å². The topological polar surface area (TPSA) is 73.6 Å². The summed E-state index contributed by atoms with van der Waals surface area (Å²) >= 11 is 0. The summed E-state index contributed by atoms with van der Waals surface area (Å²) in [6.07, 6.45) is 0. The molecule has 0 saturated carbocycles. The van der Waals surface area contributed by atoms with Crippen molar-refractivity contribution >= 4 is 5.91 Å². The van der Waals surface area contributed by atoms with Crippen LogP contribution in [-0.2, 0) is 16.1 Å². The number of rotatable bonds is 7. The number of aryl methyl sites for hydroxylation is 1. The molecule has 1 aromatic carbocycles. The highest BCUT2D eigenvalue weighted by Gasteiger charge is 2.09. The lowest BCUT2D eigenvalue weighted by atomic mass is 10.1. The number of hydrogen-bond acceptors (Lipinski definition) is 4. The van der Waals surface area contributed by atoms with Crippen LogP contribution in [-0.4, -0.2) is 32.3 Å². The van der Waals surface area contributed by atoms with Crippen molar-refractivity contribution in [3.05, 3.63) is 29.3 Å². The van der Waals surface area contributed by atoms with Gasteiger partial charge in [-0.15, -0.1) is 0 Å². The first-order valence-electron chi connectivity index (χ1n) is 6.29. The fraction of sp³-hybridized carbons (Fsp3) is 0.500. The molecular formula is C14H22N2O3. The molecule has 0 saturated heterocycles. The van der Waals surface area contributed by atoms with Crippen molar-refractivity contribution in [2.75, 3.05) is 20.3 Å². The molecule has 0 aliphatic heterocycles. The van der Waals surface area contributed by atoms with Crippen LogP contribution in [0.25, 0.3) is 0 Å². The van der Waals surface area contributed by atoms with E-state index in [9.17, 15) is 4.79 Å². The minimum Gasteiger partial charge on any atom is -0.491 e. The largest absolute Gasteiger partial charge is 0.491 e. The van der Waals surface area contributed by atoms with E-state index in [0.717, 1.165) is 16.9 Å². The third-order valence-electron chi connectivity index (χ3n) is 2.63. The molecule has 19 heavy (non-hydrogen) atoms. The lowest BCUT2D eigenvalue weighted by molar-refractivity contribution is -0.122. The van der Waals surface area contributed by atoms with Gasteiger partial charge in [0.15, 0.2) is 0 Å². The lowest BCUT2D eigenvalue weighted by Gasteiger charge is -2.13. The summed E-state index contributed by atoms with van der Waals surface area (Å²) in [6.45, 7) is 5.06. The highest BCUT2D eigenvalue weighted by Crippen LogP contribution is 2.20. The van der Waals surface area contributed by atoms with Crippen LogP contribution in [0.2, 0.25) is 0 Å². The van der Waals surface area contributed by atoms with Crippen LogP contribution >= 0.6 is 0 Å². The Morgan fingerprint density at radius 3 is 2.79 bits per heavy atom. The van der Waals surface area contributed by atoms with Crippen molar-refractivity contribution < 1.29 is 14.3 Å². The lowest BCUT2D eigenvalue weighted by Crippen LogP contribution is -2.37. The highest BCUT2D eigenvalue weighted by molar-refractivity contribution is 5.80. The Labute approximate surface area is 114 Å². The maximum Gasteiger partial charge on any atom is 0.236 e. The summed E-state index contributed by atoms with van der Waals surface area (Å²) in [5.74, 6) is 0.588. The number of amides is 1. The van der Waals surface area contributed by atoms with Crippen molar-refractivity contribution in [3.63, 3.8) is 0 Å². The minimum atomic E-state index is -0.511. The van der Waals surface area contributed by atoms with E-state index in [1.807, 2.05) is 25.1 Å². The van der Waals surface area contributed by atoms with E-state index in [1.165, 1.54) is 0 Å². The monoisotopic (exact) mass is 266 g/mol. The maximum absolute atomic E-state index is 11.5. The Kier molecular flexibility index (Phi) is 6.32. The van der Waals surface area contributed by atoms with Gasteiger partial charge in [0.25, 0.3) is 0 Å². The zero-order chi connectivity index (χ0) is 14.3. The molecule has 0 spiro atoms. The minimum absolute atomic E-state index is 0.177. The second-order valence-electron chi connectivity index (χ2n) is 4.46. The number of ether oxygens (including phenoxy) is 2. The van der Waals surface area contributed by atoms with Gasteiger partial charge in [-0.1, -0.05) is 12.1 Å². The predicted octanol–water partition coefficient (Wildman–Crippen LogP) is 0.984. The van der Waals surface area contributed by atoms with E-state index in [1.54, 1.807) is 14.0 Å². The molecular weight excluding hydrogens is 244 g/mol. The number of carbonyl (C=O) groups excluding carboxylic acids is 1. The summed E-state index contributed by atoms with van der Waals surface area (Å²) < 4.78 is 10.6. The smallest absolute Gasteiger partial charge is 0.236 e. The molecule has 0 aliphatic carbocycles. The number of hydrogen-bond donors (Lipinski definition) is 2. The van der Waals surface area contributed by atoms with Gasteiger partial charge < -0.3 is 20.5 Å². The first kappa shape index (κ1) is 15.5. The summed E-state index contributed by atoms with van der Waals surface area (Å²) in [7, 11) is 1.63. The summed E-state index contributed by atoms with van der Waals surface area (Å²) in [4.78, 5) is 11.5. The van der Waals surface area contributed by atoms with Crippen LogP contribution in [0.5, 0.6) is 5.75 Å². The van der Waals surface area contributed by atoms with Crippen molar-refractivity contribution in [1.82, 2.24) is 5.32 Å². The predicted molar refractivity (Wildman–Crippen MR) is 74.0 cm³/mol. The zero-order valence-corrected chi connectivity index (χ0v) is 11.7. The number of nitrogens with one attached hydrogen (secondary N) is 1. The number of benzene rings is 1. The van der Waals surface area contributed by atoms with Crippen molar-refractivity contribution in [2.24, 2.45) is 5.73 Å². The molecule has 0 radical (unpaired) electrons. The average Bonchev–Trinajstić information content (AvgIpc) is 2.37. The number of methoxy groups -OCH3 is 1. The molecule has 0 heterocycles. The van der Waals surface area contributed by atoms with Gasteiger partial charge in [0.05, 0.1) is 12.6 Å². The Morgan fingerprint density at radius 1 is 1.42 bits per heavy atom. The number of carbonyl (C=O) groups is 1. The molecule has 1 amide bonds. The van der Waals surface area contributed by atoms with Gasteiger partial charge in [0.2, 0.25) is 5.91 Å². The van der Waals surface area contributed by atoms with E-state index < -0.39 is 6.04 Å². The molecule has 1 aromatic rings. The van der Waals surface area contributed by atoms with Crippen molar-refractivity contribution in [2.45, 2.75) is 26.4 Å². The molecule has 5 heteroatoms. The van der Waals surface area contributed by atoms with Crippen LogP contribution in [0.15, 0.2) is 18.2 Å². The molecule has 0 aromatic heterocycles. The number of nitrogens with two attached hydrogens (primary N) is 1. The van der Waals surface area contributed by atoms with Crippen LogP contribution < -0.4 is 15.8 Å². The van der Waals surface area contributed by atoms with Gasteiger partial charge in [0.1, 0.15) is 12.4 Å². The average molecular weight is 266 g/mol. The second-order valence-corrected chi connectivity index (χ2v) is 4.46. The standard InChI is InChI=1S/C14H22N2O3/c1-10-4-5-12(9-16-14(17)11(2)15)13(8-10)19-7-6-18-3/h4-5,8,11H,6-7,9,15H2,1-3H3,(H,16,17)/t11-/m1/s1.